The van der Waals surface area contributed by atoms with Crippen molar-refractivity contribution in [3.63, 3.8) is 0 Å². The molecule has 4 heteroatoms. The van der Waals surface area contributed by atoms with Gasteiger partial charge in [0.15, 0.2) is 0 Å². The summed E-state index contributed by atoms with van der Waals surface area (Å²) >= 11 is 0. The van der Waals surface area contributed by atoms with Crippen molar-refractivity contribution in [2.75, 3.05) is 19.6 Å². The molecule has 1 aliphatic heterocycles. The maximum atomic E-state index is 4.32. The van der Waals surface area contributed by atoms with Crippen LogP contribution in [0, 0.1) is 0 Å². The van der Waals surface area contributed by atoms with E-state index in [0.717, 1.165) is 12.4 Å². The fourth-order valence-corrected chi connectivity index (χ4v) is 2.26. The van der Waals surface area contributed by atoms with Crippen molar-refractivity contribution in [3.8, 4) is 0 Å². The molecule has 2 heterocycles. The van der Waals surface area contributed by atoms with Crippen LogP contribution in [0.3, 0.4) is 0 Å². The van der Waals surface area contributed by atoms with Crippen LogP contribution in [0.1, 0.15) is 25.6 Å². The predicted octanol–water partition coefficient (Wildman–Crippen LogP) is 0.994. The van der Waals surface area contributed by atoms with Crippen molar-refractivity contribution in [1.29, 1.82) is 0 Å². The summed E-state index contributed by atoms with van der Waals surface area (Å²) < 4.78 is 2.08. The van der Waals surface area contributed by atoms with Gasteiger partial charge in [-0.25, -0.2) is 4.98 Å². The Kier molecular flexibility index (Phi) is 3.96. The summed E-state index contributed by atoms with van der Waals surface area (Å²) in [5.41, 5.74) is 0. The minimum atomic E-state index is 0.666. The fraction of sp³-hybridized carbons (Fsp3) is 0.750. The van der Waals surface area contributed by atoms with Crippen LogP contribution in [0.5, 0.6) is 0 Å². The van der Waals surface area contributed by atoms with E-state index < -0.39 is 0 Å². The standard InChI is InChI=1S/C12H22N4/c1-3-16-7-4-11(5-8-16)14-10-12-13-6-9-15(12)2/h6,9,11,14H,3-5,7-8,10H2,1-2H3. The summed E-state index contributed by atoms with van der Waals surface area (Å²) in [5.74, 6) is 1.12. The highest BCUT2D eigenvalue weighted by Gasteiger charge is 2.17. The molecule has 0 unspecified atom stereocenters. The Hall–Kier alpha value is -0.870. The average Bonchev–Trinajstić information content (AvgIpc) is 2.73. The van der Waals surface area contributed by atoms with Gasteiger partial charge in [0.1, 0.15) is 5.82 Å². The molecule has 1 saturated heterocycles. The Labute approximate surface area is 97.7 Å². The van der Waals surface area contributed by atoms with Crippen LogP contribution < -0.4 is 5.32 Å². The third-order valence-corrected chi connectivity index (χ3v) is 3.50. The molecule has 0 spiro atoms. The van der Waals surface area contributed by atoms with Gasteiger partial charge in [-0.2, -0.15) is 0 Å². The zero-order valence-electron chi connectivity index (χ0n) is 10.3. The van der Waals surface area contributed by atoms with Crippen molar-refractivity contribution in [2.24, 2.45) is 7.05 Å². The molecule has 1 aromatic rings. The van der Waals surface area contributed by atoms with Gasteiger partial charge in [-0.15, -0.1) is 0 Å². The summed E-state index contributed by atoms with van der Waals surface area (Å²) in [6.45, 7) is 6.78. The first-order chi connectivity index (χ1) is 7.79. The number of aromatic nitrogens is 2. The molecule has 1 aliphatic rings. The Morgan fingerprint density at radius 1 is 1.44 bits per heavy atom. The smallest absolute Gasteiger partial charge is 0.122 e. The highest BCUT2D eigenvalue weighted by Crippen LogP contribution is 2.10. The summed E-state index contributed by atoms with van der Waals surface area (Å²) in [6.07, 6.45) is 6.38. The van der Waals surface area contributed by atoms with Gasteiger partial charge in [0, 0.05) is 25.5 Å². The van der Waals surface area contributed by atoms with E-state index in [2.05, 4.69) is 26.7 Å². The lowest BCUT2D eigenvalue weighted by Gasteiger charge is -2.31. The normalized spacial score (nSPS) is 19.1. The highest BCUT2D eigenvalue weighted by molar-refractivity contribution is 4.91. The zero-order valence-corrected chi connectivity index (χ0v) is 10.3. The Morgan fingerprint density at radius 3 is 2.75 bits per heavy atom. The van der Waals surface area contributed by atoms with Gasteiger partial charge in [0.25, 0.3) is 0 Å². The number of aryl methyl sites for hydroxylation is 1. The molecular weight excluding hydrogens is 200 g/mol. The van der Waals surface area contributed by atoms with Crippen LogP contribution in [-0.2, 0) is 13.6 Å². The molecule has 1 aromatic heterocycles. The van der Waals surface area contributed by atoms with Crippen molar-refractivity contribution in [3.05, 3.63) is 18.2 Å². The van der Waals surface area contributed by atoms with E-state index >= 15 is 0 Å². The second-order valence-corrected chi connectivity index (χ2v) is 4.54. The van der Waals surface area contributed by atoms with Crippen LogP contribution in [0.15, 0.2) is 12.4 Å². The third-order valence-electron chi connectivity index (χ3n) is 3.50. The van der Waals surface area contributed by atoms with E-state index in [4.69, 9.17) is 0 Å². The molecule has 1 N–H and O–H groups in total. The van der Waals surface area contributed by atoms with Crippen molar-refractivity contribution in [1.82, 2.24) is 19.8 Å². The largest absolute Gasteiger partial charge is 0.337 e. The fourth-order valence-electron chi connectivity index (χ4n) is 2.26. The zero-order chi connectivity index (χ0) is 11.4. The number of piperidine rings is 1. The molecule has 0 aliphatic carbocycles. The molecular formula is C12H22N4. The molecule has 0 saturated carbocycles. The molecule has 4 nitrogen and oxygen atoms in total. The van der Waals surface area contributed by atoms with Gasteiger partial charge in [-0.1, -0.05) is 6.92 Å². The quantitative estimate of drug-likeness (QED) is 0.825. The van der Waals surface area contributed by atoms with Gasteiger partial charge in [0.2, 0.25) is 0 Å². The van der Waals surface area contributed by atoms with Crippen LogP contribution in [0.25, 0.3) is 0 Å². The third kappa shape index (κ3) is 2.83. The number of nitrogens with zero attached hydrogens (tertiary/aromatic N) is 3. The van der Waals surface area contributed by atoms with Crippen molar-refractivity contribution >= 4 is 0 Å². The lowest BCUT2D eigenvalue weighted by Crippen LogP contribution is -2.42. The van der Waals surface area contributed by atoms with Crippen molar-refractivity contribution in [2.45, 2.75) is 32.4 Å². The minimum absolute atomic E-state index is 0.666. The topological polar surface area (TPSA) is 33.1 Å². The van der Waals surface area contributed by atoms with Gasteiger partial charge in [-0.3, -0.25) is 0 Å². The second kappa shape index (κ2) is 5.46. The number of imidazole rings is 1. The van der Waals surface area contributed by atoms with E-state index in [1.165, 1.54) is 32.5 Å². The number of hydrogen-bond donors (Lipinski definition) is 1. The summed E-state index contributed by atoms with van der Waals surface area (Å²) in [7, 11) is 2.05. The number of hydrogen-bond acceptors (Lipinski definition) is 3. The Bertz CT molecular complexity index is 313. The minimum Gasteiger partial charge on any atom is -0.337 e. The molecule has 0 bridgehead atoms. The van der Waals surface area contributed by atoms with E-state index in [0.29, 0.717) is 6.04 Å². The number of likely N-dealkylation sites (tertiary alicyclic amines) is 1. The number of rotatable bonds is 4. The summed E-state index contributed by atoms with van der Waals surface area (Å²) in [5, 5.41) is 3.60. The molecule has 0 atom stereocenters. The lowest BCUT2D eigenvalue weighted by atomic mass is 10.1. The first-order valence-corrected chi connectivity index (χ1v) is 6.21. The second-order valence-electron chi connectivity index (χ2n) is 4.54. The summed E-state index contributed by atoms with van der Waals surface area (Å²) in [6, 6.07) is 0.666. The van der Waals surface area contributed by atoms with Crippen molar-refractivity contribution < 1.29 is 0 Å². The molecule has 0 radical (unpaired) electrons. The van der Waals surface area contributed by atoms with Gasteiger partial charge in [0.05, 0.1) is 6.54 Å². The molecule has 90 valence electrons. The first kappa shape index (κ1) is 11.6. The monoisotopic (exact) mass is 222 g/mol. The predicted molar refractivity (Wildman–Crippen MR) is 65.2 cm³/mol. The van der Waals surface area contributed by atoms with Crippen LogP contribution in [-0.4, -0.2) is 40.1 Å². The van der Waals surface area contributed by atoms with E-state index in [1.807, 2.05) is 19.4 Å². The maximum Gasteiger partial charge on any atom is 0.122 e. The van der Waals surface area contributed by atoms with E-state index in [9.17, 15) is 0 Å². The number of nitrogens with one attached hydrogen (secondary N) is 1. The molecule has 0 aromatic carbocycles. The van der Waals surface area contributed by atoms with Gasteiger partial charge < -0.3 is 14.8 Å². The van der Waals surface area contributed by atoms with Crippen LogP contribution >= 0.6 is 0 Å². The first-order valence-electron chi connectivity index (χ1n) is 6.21. The molecule has 0 amide bonds. The van der Waals surface area contributed by atoms with E-state index in [1.54, 1.807) is 0 Å². The van der Waals surface area contributed by atoms with Crippen LogP contribution in [0.2, 0.25) is 0 Å². The summed E-state index contributed by atoms with van der Waals surface area (Å²) in [4.78, 5) is 6.83. The van der Waals surface area contributed by atoms with E-state index in [-0.39, 0.29) is 0 Å². The lowest BCUT2D eigenvalue weighted by molar-refractivity contribution is 0.205. The average molecular weight is 222 g/mol. The molecule has 16 heavy (non-hydrogen) atoms. The highest BCUT2D eigenvalue weighted by atomic mass is 15.1. The molecule has 2 rings (SSSR count). The van der Waals surface area contributed by atoms with Crippen LogP contribution in [0.4, 0.5) is 0 Å². The SMILES string of the molecule is CCN1CCC(NCc2nccn2C)CC1. The van der Waals surface area contributed by atoms with Gasteiger partial charge in [-0.05, 0) is 32.5 Å². The maximum absolute atomic E-state index is 4.32. The Morgan fingerprint density at radius 2 is 2.19 bits per heavy atom. The van der Waals surface area contributed by atoms with Gasteiger partial charge >= 0.3 is 0 Å². The Balaban J connectivity index is 1.73. The molecule has 1 fully saturated rings.